The maximum Gasteiger partial charge on any atom is 0.251 e. The van der Waals surface area contributed by atoms with E-state index in [1.165, 1.54) is 25.7 Å². The normalized spacial score (nSPS) is 12.1. The first-order valence-corrected chi connectivity index (χ1v) is 9.46. The van der Waals surface area contributed by atoms with Crippen LogP contribution in [0.2, 0.25) is 0 Å². The van der Waals surface area contributed by atoms with Crippen LogP contribution in [0.1, 0.15) is 68.8 Å². The van der Waals surface area contributed by atoms with Crippen LogP contribution < -0.4 is 16.0 Å². The van der Waals surface area contributed by atoms with E-state index in [-0.39, 0.29) is 29.9 Å². The minimum Gasteiger partial charge on any atom is -0.357 e. The lowest BCUT2D eigenvalue weighted by Gasteiger charge is -2.17. The highest BCUT2D eigenvalue weighted by Crippen LogP contribution is 2.07. The molecule has 148 valence electrons. The summed E-state index contributed by atoms with van der Waals surface area (Å²) in [5.74, 6) is 0.780. The molecule has 0 fully saturated rings. The number of rotatable bonds is 10. The SMILES string of the molecule is CCCCCCC(C)NC(=NCc1ccc(C(=O)NC)cc1)NCC.I. The molecule has 0 radical (unpaired) electrons. The van der Waals surface area contributed by atoms with Gasteiger partial charge in [0, 0.05) is 25.2 Å². The lowest BCUT2D eigenvalue weighted by Crippen LogP contribution is -2.42. The second-order valence-electron chi connectivity index (χ2n) is 6.37. The minimum absolute atomic E-state index is 0. The summed E-state index contributed by atoms with van der Waals surface area (Å²) in [5.41, 5.74) is 1.75. The van der Waals surface area contributed by atoms with Crippen molar-refractivity contribution in [3.8, 4) is 0 Å². The van der Waals surface area contributed by atoms with Crippen LogP contribution in [0.25, 0.3) is 0 Å². The molecular weight excluding hydrogens is 439 g/mol. The third-order valence-corrected chi connectivity index (χ3v) is 4.08. The van der Waals surface area contributed by atoms with Gasteiger partial charge >= 0.3 is 0 Å². The molecule has 1 amide bonds. The zero-order valence-corrected chi connectivity index (χ0v) is 18.9. The number of carbonyl (C=O) groups excluding carboxylic acids is 1. The molecule has 0 spiro atoms. The molecule has 1 aromatic carbocycles. The first-order valence-electron chi connectivity index (χ1n) is 9.46. The van der Waals surface area contributed by atoms with Crippen molar-refractivity contribution in [2.45, 2.75) is 65.5 Å². The van der Waals surface area contributed by atoms with Gasteiger partial charge in [-0.25, -0.2) is 4.99 Å². The van der Waals surface area contributed by atoms with Crippen molar-refractivity contribution < 1.29 is 4.79 Å². The largest absolute Gasteiger partial charge is 0.357 e. The molecule has 6 heteroatoms. The van der Waals surface area contributed by atoms with Gasteiger partial charge in [0.15, 0.2) is 5.96 Å². The number of carbonyl (C=O) groups is 1. The molecule has 0 heterocycles. The third kappa shape index (κ3) is 9.99. The van der Waals surface area contributed by atoms with E-state index in [4.69, 9.17) is 0 Å². The number of halogens is 1. The third-order valence-electron chi connectivity index (χ3n) is 4.08. The Balaban J connectivity index is 0.00000625. The number of aliphatic imine (C=N–C) groups is 1. The Morgan fingerprint density at radius 2 is 1.81 bits per heavy atom. The number of amides is 1. The molecule has 26 heavy (non-hydrogen) atoms. The van der Waals surface area contributed by atoms with Crippen molar-refractivity contribution in [1.29, 1.82) is 0 Å². The quantitative estimate of drug-likeness (QED) is 0.207. The zero-order chi connectivity index (χ0) is 18.5. The van der Waals surface area contributed by atoms with E-state index >= 15 is 0 Å². The van der Waals surface area contributed by atoms with Gasteiger partial charge < -0.3 is 16.0 Å². The lowest BCUT2D eigenvalue weighted by molar-refractivity contribution is 0.0963. The summed E-state index contributed by atoms with van der Waals surface area (Å²) >= 11 is 0. The first-order chi connectivity index (χ1) is 12.1. The van der Waals surface area contributed by atoms with E-state index in [2.05, 4.69) is 41.7 Å². The fraction of sp³-hybridized carbons (Fsp3) is 0.600. The van der Waals surface area contributed by atoms with Crippen molar-refractivity contribution in [2.24, 2.45) is 4.99 Å². The van der Waals surface area contributed by atoms with Gasteiger partial charge in [0.1, 0.15) is 0 Å². The van der Waals surface area contributed by atoms with Crippen molar-refractivity contribution in [2.75, 3.05) is 13.6 Å². The van der Waals surface area contributed by atoms with Gasteiger partial charge in [0.05, 0.1) is 6.54 Å². The Hall–Kier alpha value is -1.31. The number of hydrogen-bond donors (Lipinski definition) is 3. The molecule has 0 aliphatic rings. The standard InChI is InChI=1S/C20H34N4O.HI/c1-5-7-8-9-10-16(3)24-20(22-6-2)23-15-17-11-13-18(14-12-17)19(25)21-4;/h11-14,16H,5-10,15H2,1-4H3,(H,21,25)(H2,22,23,24);1H. The summed E-state index contributed by atoms with van der Waals surface area (Å²) in [6.45, 7) is 7.94. The highest BCUT2D eigenvalue weighted by Gasteiger charge is 2.06. The number of guanidine groups is 1. The summed E-state index contributed by atoms with van der Waals surface area (Å²) in [7, 11) is 1.64. The van der Waals surface area contributed by atoms with Gasteiger partial charge in [-0.2, -0.15) is 0 Å². The van der Waals surface area contributed by atoms with Crippen LogP contribution in [-0.2, 0) is 6.54 Å². The van der Waals surface area contributed by atoms with Crippen LogP contribution in [0.4, 0.5) is 0 Å². The highest BCUT2D eigenvalue weighted by molar-refractivity contribution is 14.0. The Labute approximate surface area is 175 Å². The Morgan fingerprint density at radius 1 is 1.12 bits per heavy atom. The van der Waals surface area contributed by atoms with E-state index in [1.807, 2.05) is 24.3 Å². The van der Waals surface area contributed by atoms with Gasteiger partial charge in [-0.1, -0.05) is 44.7 Å². The van der Waals surface area contributed by atoms with E-state index < -0.39 is 0 Å². The molecule has 0 saturated carbocycles. The second-order valence-corrected chi connectivity index (χ2v) is 6.37. The number of nitrogens with one attached hydrogen (secondary N) is 3. The van der Waals surface area contributed by atoms with Gasteiger partial charge in [0.25, 0.3) is 5.91 Å². The average Bonchev–Trinajstić information content (AvgIpc) is 2.63. The van der Waals surface area contributed by atoms with Crippen molar-refractivity contribution in [3.05, 3.63) is 35.4 Å². The lowest BCUT2D eigenvalue weighted by atomic mass is 10.1. The average molecular weight is 474 g/mol. The molecule has 1 unspecified atom stereocenters. The predicted octanol–water partition coefficient (Wildman–Crippen LogP) is 4.08. The smallest absolute Gasteiger partial charge is 0.251 e. The molecule has 0 bridgehead atoms. The van der Waals surface area contributed by atoms with Crippen LogP contribution in [0.5, 0.6) is 0 Å². The second kappa shape index (κ2) is 14.8. The Bertz CT molecular complexity index is 531. The summed E-state index contributed by atoms with van der Waals surface area (Å²) in [6, 6.07) is 7.98. The maximum atomic E-state index is 11.6. The van der Waals surface area contributed by atoms with Crippen LogP contribution in [0.3, 0.4) is 0 Å². The number of hydrogen-bond acceptors (Lipinski definition) is 2. The fourth-order valence-electron chi connectivity index (χ4n) is 2.58. The van der Waals surface area contributed by atoms with Crippen LogP contribution in [-0.4, -0.2) is 31.5 Å². The minimum atomic E-state index is -0.0676. The molecule has 0 aliphatic heterocycles. The van der Waals surface area contributed by atoms with E-state index in [0.29, 0.717) is 18.2 Å². The molecule has 0 aromatic heterocycles. The molecule has 5 nitrogen and oxygen atoms in total. The summed E-state index contributed by atoms with van der Waals surface area (Å²) < 4.78 is 0. The summed E-state index contributed by atoms with van der Waals surface area (Å²) in [5, 5.41) is 9.40. The monoisotopic (exact) mass is 474 g/mol. The maximum absolute atomic E-state index is 11.6. The fourth-order valence-corrected chi connectivity index (χ4v) is 2.58. The Morgan fingerprint density at radius 3 is 2.38 bits per heavy atom. The molecular formula is C20H35IN4O. The van der Waals surface area contributed by atoms with Gasteiger partial charge in [0.2, 0.25) is 0 Å². The van der Waals surface area contributed by atoms with Crippen molar-refractivity contribution in [1.82, 2.24) is 16.0 Å². The van der Waals surface area contributed by atoms with Crippen LogP contribution in [0.15, 0.2) is 29.3 Å². The molecule has 0 aliphatic carbocycles. The molecule has 1 rings (SSSR count). The predicted molar refractivity (Wildman–Crippen MR) is 121 cm³/mol. The van der Waals surface area contributed by atoms with Crippen molar-refractivity contribution >= 4 is 35.8 Å². The molecule has 1 aromatic rings. The van der Waals surface area contributed by atoms with Gasteiger partial charge in [-0.05, 0) is 38.0 Å². The summed E-state index contributed by atoms with van der Waals surface area (Å²) in [4.78, 5) is 16.2. The topological polar surface area (TPSA) is 65.5 Å². The Kier molecular flexibility index (Phi) is 14.1. The number of nitrogens with zero attached hydrogens (tertiary/aromatic N) is 1. The zero-order valence-electron chi connectivity index (χ0n) is 16.6. The van der Waals surface area contributed by atoms with E-state index in [0.717, 1.165) is 24.5 Å². The first kappa shape index (κ1) is 24.7. The summed E-state index contributed by atoms with van der Waals surface area (Å²) in [6.07, 6.45) is 6.29. The van der Waals surface area contributed by atoms with Crippen molar-refractivity contribution in [3.63, 3.8) is 0 Å². The number of benzene rings is 1. The van der Waals surface area contributed by atoms with Gasteiger partial charge in [-0.3, -0.25) is 4.79 Å². The molecule has 0 saturated heterocycles. The molecule has 1 atom stereocenters. The number of unbranched alkanes of at least 4 members (excludes halogenated alkanes) is 3. The van der Waals surface area contributed by atoms with E-state index in [1.54, 1.807) is 7.05 Å². The van der Waals surface area contributed by atoms with Crippen LogP contribution in [0, 0.1) is 0 Å². The van der Waals surface area contributed by atoms with E-state index in [9.17, 15) is 4.79 Å². The molecule has 3 N–H and O–H groups in total. The van der Waals surface area contributed by atoms with Gasteiger partial charge in [-0.15, -0.1) is 24.0 Å². The highest BCUT2D eigenvalue weighted by atomic mass is 127. The van der Waals surface area contributed by atoms with Crippen LogP contribution >= 0.6 is 24.0 Å².